The summed E-state index contributed by atoms with van der Waals surface area (Å²) < 4.78 is 25.6. The molecule has 154 valence electrons. The molecule has 0 aliphatic carbocycles. The van der Waals surface area contributed by atoms with Crippen LogP contribution >= 0.6 is 0 Å². The van der Waals surface area contributed by atoms with Gasteiger partial charge >= 0.3 is 6.09 Å². The Bertz CT molecular complexity index is 766. The van der Waals surface area contributed by atoms with Crippen LogP contribution in [0.1, 0.15) is 51.8 Å². The number of alkyl halides is 1. The third-order valence-electron chi connectivity index (χ3n) is 4.25. The highest BCUT2D eigenvalue weighted by molar-refractivity contribution is 6.83. The monoisotopic (exact) mass is 405 g/mol. The van der Waals surface area contributed by atoms with E-state index in [0.717, 1.165) is 11.1 Å². The molecule has 1 saturated heterocycles. The van der Waals surface area contributed by atoms with Crippen LogP contribution in [-0.4, -0.2) is 43.1 Å². The van der Waals surface area contributed by atoms with Gasteiger partial charge in [-0.05, 0) is 52.3 Å². The smallest absolute Gasteiger partial charge is 0.413 e. The lowest BCUT2D eigenvalue weighted by atomic mass is 10.0. The van der Waals surface area contributed by atoms with Gasteiger partial charge in [0.05, 0.1) is 6.04 Å². The van der Waals surface area contributed by atoms with Crippen LogP contribution in [-0.2, 0) is 9.47 Å². The Hall–Kier alpha value is -1.84. The van der Waals surface area contributed by atoms with E-state index in [1.807, 2.05) is 24.3 Å². The van der Waals surface area contributed by atoms with E-state index in [2.05, 4.69) is 31.1 Å². The molecular formula is C22H32FNO3Si. The molecular weight excluding hydrogens is 373 g/mol. The molecule has 0 N–H and O–H groups in total. The van der Waals surface area contributed by atoms with Crippen LogP contribution in [0, 0.1) is 11.5 Å². The van der Waals surface area contributed by atoms with Crippen LogP contribution < -0.4 is 0 Å². The van der Waals surface area contributed by atoms with Gasteiger partial charge in [-0.15, -0.1) is 5.54 Å². The molecule has 1 fully saturated rings. The van der Waals surface area contributed by atoms with E-state index in [1.165, 1.54) is 4.90 Å². The highest BCUT2D eigenvalue weighted by atomic mass is 28.3. The summed E-state index contributed by atoms with van der Waals surface area (Å²) in [5.74, 6) is 3.21. The predicted octanol–water partition coefficient (Wildman–Crippen LogP) is 5.30. The number of hydrogen-bond donors (Lipinski definition) is 0. The summed E-state index contributed by atoms with van der Waals surface area (Å²) in [6.07, 6.45) is -1.13. The zero-order valence-electron chi connectivity index (χ0n) is 18.2. The minimum absolute atomic E-state index is 0.563. The Morgan fingerprint density at radius 3 is 2.29 bits per heavy atom. The molecule has 0 saturated carbocycles. The molecule has 1 heterocycles. The predicted molar refractivity (Wildman–Crippen MR) is 112 cm³/mol. The van der Waals surface area contributed by atoms with Crippen molar-refractivity contribution in [3.8, 4) is 11.5 Å². The van der Waals surface area contributed by atoms with Crippen molar-refractivity contribution in [1.29, 1.82) is 0 Å². The molecule has 0 spiro atoms. The van der Waals surface area contributed by atoms with Gasteiger partial charge in [-0.25, -0.2) is 9.18 Å². The number of nitrogens with zero attached hydrogens (tertiary/aromatic N) is 1. The summed E-state index contributed by atoms with van der Waals surface area (Å²) in [6, 6.07) is 6.89. The number of carbonyl (C=O) groups excluding carboxylic acids is 1. The number of amides is 1. The van der Waals surface area contributed by atoms with E-state index in [9.17, 15) is 9.18 Å². The largest absolute Gasteiger partial charge is 0.444 e. The first-order valence-electron chi connectivity index (χ1n) is 9.63. The van der Waals surface area contributed by atoms with E-state index < -0.39 is 44.3 Å². The lowest BCUT2D eigenvalue weighted by Gasteiger charge is -2.34. The van der Waals surface area contributed by atoms with Gasteiger partial charge in [0.1, 0.15) is 32.2 Å². The van der Waals surface area contributed by atoms with Gasteiger partial charge < -0.3 is 9.47 Å². The van der Waals surface area contributed by atoms with Crippen molar-refractivity contribution in [2.45, 2.75) is 77.7 Å². The molecule has 0 unspecified atom stereocenters. The van der Waals surface area contributed by atoms with Gasteiger partial charge in [0.25, 0.3) is 0 Å². The van der Waals surface area contributed by atoms with Crippen molar-refractivity contribution in [2.24, 2.45) is 0 Å². The fraction of sp³-hybridized carbons (Fsp3) is 0.591. The Morgan fingerprint density at radius 1 is 1.25 bits per heavy atom. The minimum Gasteiger partial charge on any atom is -0.444 e. The summed E-state index contributed by atoms with van der Waals surface area (Å²) >= 11 is 0. The van der Waals surface area contributed by atoms with Crippen molar-refractivity contribution in [2.75, 3.05) is 6.67 Å². The zero-order valence-corrected chi connectivity index (χ0v) is 19.2. The average molecular weight is 406 g/mol. The van der Waals surface area contributed by atoms with Gasteiger partial charge in [0, 0.05) is 5.56 Å². The standard InChI is InChI=1S/C22H32FNO3Si/c1-21(2,3)27-20(25)24-18(15-23)19(26-22(24,4)5)17-11-9-16(10-12-17)13-14-28(6,7)8/h9-12,18-19H,15H2,1-8H3/t18-,19-/m1/s1. The molecule has 1 amide bonds. The summed E-state index contributed by atoms with van der Waals surface area (Å²) in [6.45, 7) is 14.7. The molecule has 1 aliphatic heterocycles. The molecule has 2 rings (SSSR count). The van der Waals surface area contributed by atoms with Gasteiger partial charge in [-0.3, -0.25) is 4.90 Å². The quantitative estimate of drug-likeness (QED) is 0.495. The average Bonchev–Trinajstić information content (AvgIpc) is 2.82. The second-order valence-corrected chi connectivity index (χ2v) is 14.4. The Balaban J connectivity index is 2.28. The molecule has 1 aromatic rings. The molecule has 6 heteroatoms. The molecule has 0 aromatic heterocycles. The van der Waals surface area contributed by atoms with Crippen LogP contribution in [0.3, 0.4) is 0 Å². The third-order valence-corrected chi connectivity index (χ3v) is 5.12. The van der Waals surface area contributed by atoms with E-state index in [4.69, 9.17) is 9.47 Å². The number of ether oxygens (including phenoxy) is 2. The normalized spacial score (nSPS) is 21.8. The summed E-state index contributed by atoms with van der Waals surface area (Å²) in [7, 11) is -1.45. The fourth-order valence-electron chi connectivity index (χ4n) is 3.10. The van der Waals surface area contributed by atoms with Crippen LogP contribution in [0.4, 0.5) is 9.18 Å². The zero-order chi connectivity index (χ0) is 21.3. The van der Waals surface area contributed by atoms with Crippen LogP contribution in [0.2, 0.25) is 19.6 Å². The molecule has 2 atom stereocenters. The molecule has 4 nitrogen and oxygen atoms in total. The number of hydrogen-bond acceptors (Lipinski definition) is 3. The summed E-state index contributed by atoms with van der Waals surface area (Å²) in [4.78, 5) is 14.1. The number of benzene rings is 1. The Labute approximate surface area is 169 Å². The van der Waals surface area contributed by atoms with Crippen molar-refractivity contribution < 1.29 is 18.7 Å². The first kappa shape index (κ1) is 22.4. The molecule has 1 aliphatic rings. The Kier molecular flexibility index (Phi) is 6.32. The van der Waals surface area contributed by atoms with Gasteiger partial charge in [0.15, 0.2) is 0 Å². The maximum Gasteiger partial charge on any atom is 0.413 e. The Morgan fingerprint density at radius 2 is 1.82 bits per heavy atom. The molecule has 0 radical (unpaired) electrons. The lowest BCUT2D eigenvalue weighted by Crippen LogP contribution is -2.50. The first-order valence-corrected chi connectivity index (χ1v) is 13.1. The third kappa shape index (κ3) is 5.59. The van der Waals surface area contributed by atoms with Crippen molar-refractivity contribution >= 4 is 14.2 Å². The summed E-state index contributed by atoms with van der Waals surface area (Å²) in [5, 5.41) is 0. The maximum absolute atomic E-state index is 14.0. The molecule has 1 aromatic carbocycles. The second-order valence-electron chi connectivity index (χ2n) is 9.68. The lowest BCUT2D eigenvalue weighted by molar-refractivity contribution is -0.0797. The SMILES string of the molecule is CC(C)(C)OC(=O)N1[C@H](CF)[C@@H](c2ccc(C#C[Si](C)(C)C)cc2)OC1(C)C. The van der Waals surface area contributed by atoms with E-state index in [-0.39, 0.29) is 0 Å². The second kappa shape index (κ2) is 7.88. The van der Waals surface area contributed by atoms with Crippen molar-refractivity contribution in [3.63, 3.8) is 0 Å². The number of halogens is 1. The summed E-state index contributed by atoms with van der Waals surface area (Å²) in [5.41, 5.74) is 3.44. The van der Waals surface area contributed by atoms with Gasteiger partial charge in [0.2, 0.25) is 0 Å². The number of rotatable bonds is 2. The first-order chi connectivity index (χ1) is 12.7. The van der Waals surface area contributed by atoms with E-state index in [0.29, 0.717) is 0 Å². The minimum atomic E-state index is -1.45. The molecule has 0 bridgehead atoms. The maximum atomic E-state index is 14.0. The highest BCUT2D eigenvalue weighted by Gasteiger charge is 2.51. The fourth-order valence-corrected chi connectivity index (χ4v) is 3.62. The van der Waals surface area contributed by atoms with E-state index in [1.54, 1.807) is 34.6 Å². The van der Waals surface area contributed by atoms with E-state index >= 15 is 0 Å². The topological polar surface area (TPSA) is 38.8 Å². The van der Waals surface area contributed by atoms with Crippen molar-refractivity contribution in [3.05, 3.63) is 35.4 Å². The number of carbonyl (C=O) groups is 1. The highest BCUT2D eigenvalue weighted by Crippen LogP contribution is 2.42. The van der Waals surface area contributed by atoms with Gasteiger partial charge in [-0.1, -0.05) is 37.7 Å². The van der Waals surface area contributed by atoms with Crippen molar-refractivity contribution in [1.82, 2.24) is 4.90 Å². The van der Waals surface area contributed by atoms with Crippen LogP contribution in [0.15, 0.2) is 24.3 Å². The van der Waals surface area contributed by atoms with Crippen LogP contribution in [0.5, 0.6) is 0 Å². The van der Waals surface area contributed by atoms with Gasteiger partial charge in [-0.2, -0.15) is 0 Å². The van der Waals surface area contributed by atoms with Crippen LogP contribution in [0.25, 0.3) is 0 Å². The molecule has 28 heavy (non-hydrogen) atoms.